The van der Waals surface area contributed by atoms with E-state index in [1.54, 1.807) is 0 Å². The van der Waals surface area contributed by atoms with Crippen LogP contribution in [0.4, 0.5) is 0 Å². The van der Waals surface area contributed by atoms with Crippen molar-refractivity contribution in [3.8, 4) is 0 Å². The third-order valence-electron chi connectivity index (χ3n) is 3.96. The summed E-state index contributed by atoms with van der Waals surface area (Å²) in [7, 11) is 0. The first-order chi connectivity index (χ1) is 8.32. The Labute approximate surface area is 104 Å². The molecule has 2 heteroatoms. The summed E-state index contributed by atoms with van der Waals surface area (Å²) in [6.07, 6.45) is 4.81. The van der Waals surface area contributed by atoms with Crippen molar-refractivity contribution in [2.45, 2.75) is 44.1 Å². The lowest BCUT2D eigenvalue weighted by Crippen LogP contribution is -2.48. The van der Waals surface area contributed by atoms with Gasteiger partial charge in [-0.2, -0.15) is 0 Å². The van der Waals surface area contributed by atoms with Crippen LogP contribution in [0.5, 0.6) is 0 Å². The van der Waals surface area contributed by atoms with Crippen molar-refractivity contribution in [1.82, 2.24) is 0 Å². The molecule has 0 aliphatic heterocycles. The van der Waals surface area contributed by atoms with Crippen LogP contribution in [0.25, 0.3) is 0 Å². The van der Waals surface area contributed by atoms with Gasteiger partial charge in [0.15, 0.2) is 0 Å². The van der Waals surface area contributed by atoms with Crippen LogP contribution < -0.4 is 5.73 Å². The molecular formula is C15H23NO. The second-order valence-corrected chi connectivity index (χ2v) is 4.91. The van der Waals surface area contributed by atoms with Gasteiger partial charge in [0.05, 0.1) is 5.60 Å². The molecule has 1 aromatic rings. The third kappa shape index (κ3) is 2.53. The third-order valence-corrected chi connectivity index (χ3v) is 3.96. The number of nitrogens with two attached hydrogens (primary N) is 1. The molecule has 1 saturated carbocycles. The SMILES string of the molecule is CCOC1(CN)CCCCC1c1ccccc1. The second kappa shape index (κ2) is 5.65. The second-order valence-electron chi connectivity index (χ2n) is 4.91. The molecule has 2 atom stereocenters. The summed E-state index contributed by atoms with van der Waals surface area (Å²) in [5.41, 5.74) is 7.28. The van der Waals surface area contributed by atoms with Crippen molar-refractivity contribution in [2.24, 2.45) is 5.73 Å². The zero-order valence-corrected chi connectivity index (χ0v) is 10.7. The lowest BCUT2D eigenvalue weighted by Gasteiger charge is -2.43. The highest BCUT2D eigenvalue weighted by atomic mass is 16.5. The number of hydrogen-bond acceptors (Lipinski definition) is 2. The highest BCUT2D eigenvalue weighted by Crippen LogP contribution is 2.42. The first-order valence-corrected chi connectivity index (χ1v) is 6.71. The van der Waals surface area contributed by atoms with Gasteiger partial charge < -0.3 is 10.5 Å². The quantitative estimate of drug-likeness (QED) is 0.867. The van der Waals surface area contributed by atoms with Crippen molar-refractivity contribution in [2.75, 3.05) is 13.2 Å². The van der Waals surface area contributed by atoms with Gasteiger partial charge in [-0.1, -0.05) is 43.2 Å². The summed E-state index contributed by atoms with van der Waals surface area (Å²) in [6, 6.07) is 10.7. The predicted octanol–water partition coefficient (Wildman–Crippen LogP) is 3.08. The maximum atomic E-state index is 6.06. The smallest absolute Gasteiger partial charge is 0.0872 e. The first-order valence-electron chi connectivity index (χ1n) is 6.71. The van der Waals surface area contributed by atoms with Crippen LogP contribution in [0.15, 0.2) is 30.3 Å². The molecule has 2 unspecified atom stereocenters. The standard InChI is InChI=1S/C15H23NO/c1-2-17-15(12-16)11-7-6-10-14(15)13-8-4-3-5-9-13/h3-5,8-9,14H,2,6-7,10-12,16H2,1H3. The molecule has 17 heavy (non-hydrogen) atoms. The van der Waals surface area contributed by atoms with Gasteiger partial charge in [0.1, 0.15) is 0 Å². The topological polar surface area (TPSA) is 35.2 Å². The Morgan fingerprint density at radius 2 is 2.06 bits per heavy atom. The van der Waals surface area contributed by atoms with Crippen molar-refractivity contribution in [3.63, 3.8) is 0 Å². The molecule has 94 valence electrons. The molecule has 0 aromatic heterocycles. The lowest BCUT2D eigenvalue weighted by molar-refractivity contribution is -0.0731. The van der Waals surface area contributed by atoms with E-state index in [1.807, 2.05) is 0 Å². The van der Waals surface area contributed by atoms with Gasteiger partial charge >= 0.3 is 0 Å². The fraction of sp³-hybridized carbons (Fsp3) is 0.600. The van der Waals surface area contributed by atoms with E-state index in [4.69, 9.17) is 10.5 Å². The van der Waals surface area contributed by atoms with E-state index in [9.17, 15) is 0 Å². The fourth-order valence-corrected chi connectivity index (χ4v) is 3.13. The fourth-order valence-electron chi connectivity index (χ4n) is 3.13. The Morgan fingerprint density at radius 1 is 1.29 bits per heavy atom. The van der Waals surface area contributed by atoms with Crippen molar-refractivity contribution in [3.05, 3.63) is 35.9 Å². The minimum atomic E-state index is -0.131. The Bertz CT molecular complexity index is 334. The minimum Gasteiger partial charge on any atom is -0.373 e. The van der Waals surface area contributed by atoms with Gasteiger partial charge in [0.25, 0.3) is 0 Å². The Kier molecular flexibility index (Phi) is 4.19. The molecule has 2 rings (SSSR count). The Hall–Kier alpha value is -0.860. The minimum absolute atomic E-state index is 0.131. The zero-order chi connectivity index (χ0) is 12.1. The number of rotatable bonds is 4. The molecule has 1 aliphatic carbocycles. The number of ether oxygens (including phenoxy) is 1. The molecule has 0 spiro atoms. The average Bonchev–Trinajstić information content (AvgIpc) is 2.40. The van der Waals surface area contributed by atoms with E-state index in [2.05, 4.69) is 37.3 Å². The van der Waals surface area contributed by atoms with Crippen LogP contribution in [0.3, 0.4) is 0 Å². The van der Waals surface area contributed by atoms with E-state index in [1.165, 1.54) is 24.8 Å². The highest BCUT2D eigenvalue weighted by molar-refractivity contribution is 5.24. The molecule has 0 bridgehead atoms. The van der Waals surface area contributed by atoms with Crippen LogP contribution in [-0.4, -0.2) is 18.8 Å². The maximum absolute atomic E-state index is 6.06. The molecular weight excluding hydrogens is 210 g/mol. The van der Waals surface area contributed by atoms with Gasteiger partial charge in [-0.25, -0.2) is 0 Å². The summed E-state index contributed by atoms with van der Waals surface area (Å²) < 4.78 is 6.06. The van der Waals surface area contributed by atoms with Gasteiger partial charge in [0, 0.05) is 19.1 Å². The van der Waals surface area contributed by atoms with E-state index >= 15 is 0 Å². The van der Waals surface area contributed by atoms with Crippen LogP contribution >= 0.6 is 0 Å². The number of benzene rings is 1. The van der Waals surface area contributed by atoms with Crippen LogP contribution in [0.1, 0.15) is 44.1 Å². The van der Waals surface area contributed by atoms with Crippen LogP contribution in [0, 0.1) is 0 Å². The average molecular weight is 233 g/mol. The summed E-state index contributed by atoms with van der Waals surface area (Å²) in [4.78, 5) is 0. The van der Waals surface area contributed by atoms with E-state index < -0.39 is 0 Å². The van der Waals surface area contributed by atoms with Crippen molar-refractivity contribution >= 4 is 0 Å². The maximum Gasteiger partial charge on any atom is 0.0872 e. The van der Waals surface area contributed by atoms with E-state index in [-0.39, 0.29) is 5.60 Å². The van der Waals surface area contributed by atoms with Gasteiger partial charge in [-0.05, 0) is 25.3 Å². The van der Waals surface area contributed by atoms with E-state index in [0.717, 1.165) is 13.0 Å². The highest BCUT2D eigenvalue weighted by Gasteiger charge is 2.41. The molecule has 1 fully saturated rings. The van der Waals surface area contributed by atoms with Gasteiger partial charge in [-0.3, -0.25) is 0 Å². The molecule has 1 aromatic carbocycles. The molecule has 2 nitrogen and oxygen atoms in total. The van der Waals surface area contributed by atoms with E-state index in [0.29, 0.717) is 12.5 Å². The summed E-state index contributed by atoms with van der Waals surface area (Å²) in [5, 5.41) is 0. The van der Waals surface area contributed by atoms with Crippen molar-refractivity contribution < 1.29 is 4.74 Å². The molecule has 1 aliphatic rings. The number of hydrogen-bond donors (Lipinski definition) is 1. The first kappa shape index (κ1) is 12.6. The molecule has 2 N–H and O–H groups in total. The summed E-state index contributed by atoms with van der Waals surface area (Å²) in [6.45, 7) is 3.44. The van der Waals surface area contributed by atoms with Gasteiger partial charge in [0.2, 0.25) is 0 Å². The summed E-state index contributed by atoms with van der Waals surface area (Å²) >= 11 is 0. The molecule has 0 radical (unpaired) electrons. The van der Waals surface area contributed by atoms with Crippen LogP contribution in [0.2, 0.25) is 0 Å². The Balaban J connectivity index is 2.28. The predicted molar refractivity (Wildman–Crippen MR) is 71.1 cm³/mol. The van der Waals surface area contributed by atoms with Gasteiger partial charge in [-0.15, -0.1) is 0 Å². The van der Waals surface area contributed by atoms with Crippen LogP contribution in [-0.2, 0) is 4.74 Å². The monoisotopic (exact) mass is 233 g/mol. The molecule has 0 heterocycles. The summed E-state index contributed by atoms with van der Waals surface area (Å²) in [5.74, 6) is 0.461. The normalized spacial score (nSPS) is 29.2. The molecule has 0 saturated heterocycles. The van der Waals surface area contributed by atoms with Crippen molar-refractivity contribution in [1.29, 1.82) is 0 Å². The zero-order valence-electron chi connectivity index (χ0n) is 10.7. The lowest BCUT2D eigenvalue weighted by atomic mass is 9.72. The molecule has 0 amide bonds. The largest absolute Gasteiger partial charge is 0.373 e. The Morgan fingerprint density at radius 3 is 2.71 bits per heavy atom.